The summed E-state index contributed by atoms with van der Waals surface area (Å²) in [6.07, 6.45) is 1.31. The molecule has 3 rings (SSSR count). The molecular weight excluding hydrogens is 380 g/mol. The molecule has 8 heteroatoms. The first-order chi connectivity index (χ1) is 14.0. The maximum Gasteiger partial charge on any atom is 0.274 e. The maximum atomic E-state index is 13.3. The average Bonchev–Trinajstić information content (AvgIpc) is 2.72. The van der Waals surface area contributed by atoms with E-state index in [0.29, 0.717) is 18.0 Å². The van der Waals surface area contributed by atoms with Crippen molar-refractivity contribution < 1.29 is 23.1 Å². The van der Waals surface area contributed by atoms with Gasteiger partial charge in [0.25, 0.3) is 11.8 Å². The molecular formula is C21H17F2N3O3. The van der Waals surface area contributed by atoms with Crippen molar-refractivity contribution in [2.24, 2.45) is 0 Å². The molecule has 1 heterocycles. The van der Waals surface area contributed by atoms with Gasteiger partial charge in [-0.15, -0.1) is 0 Å². The van der Waals surface area contributed by atoms with E-state index in [0.717, 1.165) is 12.1 Å². The van der Waals surface area contributed by atoms with Crippen molar-refractivity contribution in [1.29, 1.82) is 0 Å². The van der Waals surface area contributed by atoms with E-state index in [1.165, 1.54) is 24.4 Å². The summed E-state index contributed by atoms with van der Waals surface area (Å²) in [5.41, 5.74) is 0.697. The summed E-state index contributed by atoms with van der Waals surface area (Å²) < 4.78 is 31.8. The number of aromatic nitrogens is 1. The molecule has 0 fully saturated rings. The van der Waals surface area contributed by atoms with Crippen molar-refractivity contribution in [2.75, 3.05) is 17.2 Å². The van der Waals surface area contributed by atoms with Crippen molar-refractivity contribution in [3.8, 4) is 5.75 Å². The number of para-hydroxylation sites is 2. The number of ether oxygens (including phenoxy) is 1. The molecule has 0 spiro atoms. The number of carbonyl (C=O) groups excluding carboxylic acids is 2. The molecule has 29 heavy (non-hydrogen) atoms. The monoisotopic (exact) mass is 397 g/mol. The molecule has 2 N–H and O–H groups in total. The van der Waals surface area contributed by atoms with Gasteiger partial charge >= 0.3 is 0 Å². The second kappa shape index (κ2) is 8.92. The van der Waals surface area contributed by atoms with Crippen LogP contribution >= 0.6 is 0 Å². The number of benzene rings is 2. The maximum absolute atomic E-state index is 13.3. The van der Waals surface area contributed by atoms with Crippen LogP contribution in [0.2, 0.25) is 0 Å². The predicted octanol–water partition coefficient (Wildman–Crippen LogP) is 4.26. The van der Waals surface area contributed by atoms with Gasteiger partial charge in [0.15, 0.2) is 11.6 Å². The molecule has 0 saturated heterocycles. The third kappa shape index (κ3) is 4.92. The van der Waals surface area contributed by atoms with Crippen LogP contribution in [0.4, 0.5) is 20.2 Å². The lowest BCUT2D eigenvalue weighted by Gasteiger charge is -2.11. The highest BCUT2D eigenvalue weighted by atomic mass is 19.2. The van der Waals surface area contributed by atoms with E-state index >= 15 is 0 Å². The van der Waals surface area contributed by atoms with Crippen molar-refractivity contribution in [1.82, 2.24) is 4.98 Å². The van der Waals surface area contributed by atoms with Crippen molar-refractivity contribution >= 4 is 23.2 Å². The molecule has 0 radical (unpaired) electrons. The summed E-state index contributed by atoms with van der Waals surface area (Å²) in [4.78, 5) is 28.8. The van der Waals surface area contributed by atoms with Gasteiger partial charge in [0.05, 0.1) is 12.3 Å². The fourth-order valence-electron chi connectivity index (χ4n) is 2.51. The fourth-order valence-corrected chi connectivity index (χ4v) is 2.51. The van der Waals surface area contributed by atoms with Gasteiger partial charge in [0.2, 0.25) is 0 Å². The van der Waals surface area contributed by atoms with Gasteiger partial charge < -0.3 is 15.4 Å². The van der Waals surface area contributed by atoms with Gasteiger partial charge in [-0.1, -0.05) is 12.1 Å². The Balaban J connectivity index is 1.75. The summed E-state index contributed by atoms with van der Waals surface area (Å²) in [6.45, 7) is 2.27. The van der Waals surface area contributed by atoms with E-state index < -0.39 is 23.4 Å². The normalized spacial score (nSPS) is 10.3. The van der Waals surface area contributed by atoms with E-state index in [2.05, 4.69) is 15.6 Å². The third-order valence-electron chi connectivity index (χ3n) is 3.87. The second-order valence-electron chi connectivity index (χ2n) is 5.90. The number of hydrogen-bond acceptors (Lipinski definition) is 4. The number of amides is 2. The molecule has 2 amide bonds. The zero-order chi connectivity index (χ0) is 20.8. The van der Waals surface area contributed by atoms with Gasteiger partial charge in [-0.25, -0.2) is 8.78 Å². The largest absolute Gasteiger partial charge is 0.492 e. The van der Waals surface area contributed by atoms with E-state index in [-0.39, 0.29) is 16.9 Å². The Morgan fingerprint density at radius 2 is 1.76 bits per heavy atom. The molecule has 0 saturated carbocycles. The number of halogens is 2. The Morgan fingerprint density at radius 1 is 0.966 bits per heavy atom. The summed E-state index contributed by atoms with van der Waals surface area (Å²) in [6, 6.07) is 12.7. The van der Waals surface area contributed by atoms with E-state index in [4.69, 9.17) is 4.74 Å². The summed E-state index contributed by atoms with van der Waals surface area (Å²) in [5, 5.41) is 5.13. The molecule has 3 aromatic rings. The molecule has 0 aliphatic carbocycles. The zero-order valence-electron chi connectivity index (χ0n) is 15.4. The number of rotatable bonds is 6. The molecule has 0 bridgehead atoms. The Bertz CT molecular complexity index is 1060. The van der Waals surface area contributed by atoms with Crippen LogP contribution in [0.3, 0.4) is 0 Å². The molecule has 1 aromatic heterocycles. The summed E-state index contributed by atoms with van der Waals surface area (Å²) in [5.74, 6) is -2.71. The Morgan fingerprint density at radius 3 is 2.52 bits per heavy atom. The first-order valence-electron chi connectivity index (χ1n) is 8.73. The summed E-state index contributed by atoms with van der Waals surface area (Å²) >= 11 is 0. The van der Waals surface area contributed by atoms with Gasteiger partial charge in [-0.05, 0) is 43.3 Å². The molecule has 2 aromatic carbocycles. The molecule has 0 aliphatic rings. The number of pyridine rings is 1. The quantitative estimate of drug-likeness (QED) is 0.651. The van der Waals surface area contributed by atoms with Crippen LogP contribution in [0.15, 0.2) is 60.8 Å². The number of nitrogens with one attached hydrogen (secondary N) is 2. The van der Waals surface area contributed by atoms with Crippen LogP contribution in [-0.2, 0) is 0 Å². The minimum absolute atomic E-state index is 0.0551. The molecule has 148 valence electrons. The highest BCUT2D eigenvalue weighted by Gasteiger charge is 2.14. The minimum atomic E-state index is -1.09. The minimum Gasteiger partial charge on any atom is -0.492 e. The van der Waals surface area contributed by atoms with Crippen molar-refractivity contribution in [3.63, 3.8) is 0 Å². The van der Waals surface area contributed by atoms with Crippen LogP contribution in [-0.4, -0.2) is 23.4 Å². The second-order valence-corrected chi connectivity index (χ2v) is 5.90. The van der Waals surface area contributed by atoms with Crippen LogP contribution in [0.5, 0.6) is 5.75 Å². The molecule has 0 atom stereocenters. The molecule has 0 unspecified atom stereocenters. The number of nitrogens with zero attached hydrogens (tertiary/aromatic N) is 1. The summed E-state index contributed by atoms with van der Waals surface area (Å²) in [7, 11) is 0. The first kappa shape index (κ1) is 19.9. The predicted molar refractivity (Wildman–Crippen MR) is 104 cm³/mol. The number of carbonyl (C=O) groups is 2. The van der Waals surface area contributed by atoms with E-state index in [9.17, 15) is 18.4 Å². The lowest BCUT2D eigenvalue weighted by atomic mass is 10.2. The topological polar surface area (TPSA) is 80.3 Å². The first-order valence-corrected chi connectivity index (χ1v) is 8.73. The van der Waals surface area contributed by atoms with Crippen LogP contribution < -0.4 is 15.4 Å². The van der Waals surface area contributed by atoms with Crippen LogP contribution in [0, 0.1) is 11.6 Å². The lowest BCUT2D eigenvalue weighted by Crippen LogP contribution is -2.17. The van der Waals surface area contributed by atoms with E-state index in [1.807, 2.05) is 6.92 Å². The van der Waals surface area contributed by atoms with Crippen LogP contribution in [0.1, 0.15) is 27.8 Å². The van der Waals surface area contributed by atoms with Gasteiger partial charge in [0, 0.05) is 23.5 Å². The number of anilines is 2. The van der Waals surface area contributed by atoms with Crippen LogP contribution in [0.25, 0.3) is 0 Å². The molecule has 0 aliphatic heterocycles. The Kier molecular flexibility index (Phi) is 6.13. The zero-order valence-corrected chi connectivity index (χ0v) is 15.4. The molecule has 6 nitrogen and oxygen atoms in total. The highest BCUT2D eigenvalue weighted by molar-refractivity contribution is 6.08. The SMILES string of the molecule is CCOc1ccccc1NC(=O)c1ccnc(C(=O)Nc2ccc(F)c(F)c2)c1. The standard InChI is InChI=1S/C21H17F2N3O3/c1-2-29-19-6-4-3-5-17(19)26-20(27)13-9-10-24-18(11-13)21(28)25-14-7-8-15(22)16(23)12-14/h3-12H,2H2,1H3,(H,25,28)(H,26,27). The Labute approximate surface area is 165 Å². The Hall–Kier alpha value is -3.81. The highest BCUT2D eigenvalue weighted by Crippen LogP contribution is 2.24. The lowest BCUT2D eigenvalue weighted by molar-refractivity contribution is 0.102. The van der Waals surface area contributed by atoms with E-state index in [1.54, 1.807) is 24.3 Å². The van der Waals surface area contributed by atoms with Gasteiger partial charge in [0.1, 0.15) is 11.4 Å². The number of hydrogen-bond donors (Lipinski definition) is 2. The van der Waals surface area contributed by atoms with Gasteiger partial charge in [-0.2, -0.15) is 0 Å². The third-order valence-corrected chi connectivity index (χ3v) is 3.87. The van der Waals surface area contributed by atoms with Gasteiger partial charge in [-0.3, -0.25) is 14.6 Å². The smallest absolute Gasteiger partial charge is 0.274 e. The average molecular weight is 397 g/mol. The van der Waals surface area contributed by atoms with Crippen molar-refractivity contribution in [2.45, 2.75) is 6.92 Å². The van der Waals surface area contributed by atoms with Crippen molar-refractivity contribution in [3.05, 3.63) is 83.7 Å². The fraction of sp³-hybridized carbons (Fsp3) is 0.0952.